The molecule has 0 heterocycles. The summed E-state index contributed by atoms with van der Waals surface area (Å²) in [5.74, 6) is 0. The fourth-order valence-electron chi connectivity index (χ4n) is 1.86. The van der Waals surface area contributed by atoms with Crippen LogP contribution >= 0.6 is 11.6 Å². The quantitative estimate of drug-likeness (QED) is 0.478. The van der Waals surface area contributed by atoms with Crippen LogP contribution in [0.4, 0.5) is 0 Å². The van der Waals surface area contributed by atoms with Gasteiger partial charge in [-0.05, 0) is 30.2 Å². The first-order valence-corrected chi connectivity index (χ1v) is 6.03. The van der Waals surface area contributed by atoms with Gasteiger partial charge < -0.3 is 5.21 Å². The minimum absolute atomic E-state index is 0.388. The highest BCUT2D eigenvalue weighted by molar-refractivity contribution is 6.36. The maximum atomic E-state index is 9.36. The highest BCUT2D eigenvalue weighted by Crippen LogP contribution is 2.31. The number of hydrogen-bond acceptors (Lipinski definition) is 3. The number of hydrogen-bond donors (Lipinski definition) is 1. The van der Waals surface area contributed by atoms with Crippen LogP contribution in [-0.2, 0) is 0 Å². The van der Waals surface area contributed by atoms with E-state index in [0.29, 0.717) is 21.9 Å². The van der Waals surface area contributed by atoms with Crippen molar-refractivity contribution in [2.45, 2.75) is 6.92 Å². The average Bonchev–Trinajstić information content (AvgIpc) is 2.44. The summed E-state index contributed by atoms with van der Waals surface area (Å²) in [4.78, 5) is 0. The van der Waals surface area contributed by atoms with Gasteiger partial charge in [0.15, 0.2) is 0 Å². The number of nitriles is 1. The van der Waals surface area contributed by atoms with Crippen LogP contribution in [0.3, 0.4) is 0 Å². The van der Waals surface area contributed by atoms with E-state index in [4.69, 9.17) is 16.8 Å². The molecule has 0 bridgehead atoms. The normalized spacial score (nSPS) is 19.5. The van der Waals surface area contributed by atoms with Crippen LogP contribution in [-0.4, -0.2) is 10.9 Å². The molecular weight excluding hydrogens is 260 g/mol. The molecule has 0 aliphatic heterocycles. The molecule has 0 unspecified atom stereocenters. The molecular formula is C15H11ClN2O. The predicted octanol–water partition coefficient (Wildman–Crippen LogP) is 3.88. The van der Waals surface area contributed by atoms with Crippen molar-refractivity contribution in [2.75, 3.05) is 0 Å². The standard InChI is InChI=1S/C15H11ClN2O/c1-10-7-12(14(16)8-15(10)18-19)13(9-17)11-5-3-2-4-6-11/h2-8,19H,1H3. The summed E-state index contributed by atoms with van der Waals surface area (Å²) in [5, 5.41) is 21.7. The molecule has 0 aromatic heterocycles. The highest BCUT2D eigenvalue weighted by Gasteiger charge is 2.17. The number of allylic oxidation sites excluding steroid dienone is 6. The lowest BCUT2D eigenvalue weighted by Crippen LogP contribution is -2.04. The second-order valence-corrected chi connectivity index (χ2v) is 4.48. The number of oxime groups is 1. The smallest absolute Gasteiger partial charge is 0.107 e. The van der Waals surface area contributed by atoms with E-state index in [-0.39, 0.29) is 0 Å². The first-order valence-electron chi connectivity index (χ1n) is 5.65. The van der Waals surface area contributed by atoms with E-state index in [2.05, 4.69) is 11.2 Å². The Morgan fingerprint density at radius 2 is 1.95 bits per heavy atom. The van der Waals surface area contributed by atoms with E-state index < -0.39 is 0 Å². The van der Waals surface area contributed by atoms with Crippen LogP contribution < -0.4 is 0 Å². The zero-order valence-electron chi connectivity index (χ0n) is 10.3. The monoisotopic (exact) mass is 270 g/mol. The first kappa shape index (κ1) is 13.1. The third-order valence-electron chi connectivity index (χ3n) is 2.84. The Kier molecular flexibility index (Phi) is 3.84. The Bertz CT molecular complexity index is 661. The van der Waals surface area contributed by atoms with Gasteiger partial charge in [-0.15, -0.1) is 0 Å². The molecule has 1 aliphatic rings. The lowest BCUT2D eigenvalue weighted by Gasteiger charge is -2.13. The molecule has 0 fully saturated rings. The second kappa shape index (κ2) is 5.55. The van der Waals surface area contributed by atoms with E-state index in [1.807, 2.05) is 30.3 Å². The SMILES string of the molecule is CC1=CC(=C(C#N)c2ccccc2)C(Cl)=CC1=NO. The lowest BCUT2D eigenvalue weighted by molar-refractivity contribution is 0.319. The summed E-state index contributed by atoms with van der Waals surface area (Å²) in [6.07, 6.45) is 3.30. The Hall–Kier alpha value is -2.31. The van der Waals surface area contributed by atoms with E-state index in [0.717, 1.165) is 11.1 Å². The van der Waals surface area contributed by atoms with Crippen LogP contribution in [0.25, 0.3) is 5.57 Å². The largest absolute Gasteiger partial charge is 0.410 e. The molecule has 0 amide bonds. The van der Waals surface area contributed by atoms with Crippen molar-refractivity contribution in [2.24, 2.45) is 5.16 Å². The van der Waals surface area contributed by atoms with Crippen LogP contribution in [0.1, 0.15) is 12.5 Å². The Balaban J connectivity index is 2.62. The van der Waals surface area contributed by atoms with Gasteiger partial charge in [0.05, 0.1) is 10.6 Å². The molecule has 1 aliphatic carbocycles. The van der Waals surface area contributed by atoms with Gasteiger partial charge in [0, 0.05) is 5.57 Å². The molecule has 0 atom stereocenters. The van der Waals surface area contributed by atoms with Gasteiger partial charge in [0.1, 0.15) is 11.8 Å². The Morgan fingerprint density at radius 1 is 1.26 bits per heavy atom. The van der Waals surface area contributed by atoms with Crippen molar-refractivity contribution in [3.05, 3.63) is 64.2 Å². The molecule has 19 heavy (non-hydrogen) atoms. The molecule has 1 N–H and O–H groups in total. The summed E-state index contributed by atoms with van der Waals surface area (Å²) < 4.78 is 0. The zero-order valence-corrected chi connectivity index (χ0v) is 11.0. The molecule has 94 valence electrons. The van der Waals surface area contributed by atoms with Crippen molar-refractivity contribution in [3.63, 3.8) is 0 Å². The molecule has 1 aromatic carbocycles. The van der Waals surface area contributed by atoms with Crippen molar-refractivity contribution < 1.29 is 5.21 Å². The minimum atomic E-state index is 0.388. The third kappa shape index (κ3) is 2.59. The lowest BCUT2D eigenvalue weighted by atomic mass is 9.94. The summed E-state index contributed by atoms with van der Waals surface area (Å²) in [5.41, 5.74) is 3.10. The molecule has 0 spiro atoms. The maximum absolute atomic E-state index is 9.36. The van der Waals surface area contributed by atoms with Gasteiger partial charge in [-0.3, -0.25) is 0 Å². The van der Waals surface area contributed by atoms with Crippen molar-refractivity contribution in [1.29, 1.82) is 5.26 Å². The van der Waals surface area contributed by atoms with Gasteiger partial charge in [0.25, 0.3) is 0 Å². The zero-order chi connectivity index (χ0) is 13.8. The van der Waals surface area contributed by atoms with Crippen LogP contribution in [0.15, 0.2) is 63.8 Å². The molecule has 3 nitrogen and oxygen atoms in total. The van der Waals surface area contributed by atoms with Crippen LogP contribution in [0.5, 0.6) is 0 Å². The second-order valence-electron chi connectivity index (χ2n) is 4.07. The van der Waals surface area contributed by atoms with Crippen molar-refractivity contribution in [1.82, 2.24) is 0 Å². The number of nitrogens with zero attached hydrogens (tertiary/aromatic N) is 2. The third-order valence-corrected chi connectivity index (χ3v) is 3.15. The van der Waals surface area contributed by atoms with Gasteiger partial charge >= 0.3 is 0 Å². The number of benzene rings is 1. The molecule has 1 aromatic rings. The summed E-state index contributed by atoms with van der Waals surface area (Å²) in [6, 6.07) is 11.5. The summed E-state index contributed by atoms with van der Waals surface area (Å²) in [7, 11) is 0. The van der Waals surface area contributed by atoms with E-state index >= 15 is 0 Å². The van der Waals surface area contributed by atoms with Gasteiger partial charge in [-0.2, -0.15) is 5.26 Å². The molecule has 4 heteroatoms. The van der Waals surface area contributed by atoms with E-state index in [1.54, 1.807) is 19.1 Å². The predicted molar refractivity (Wildman–Crippen MR) is 75.9 cm³/mol. The van der Waals surface area contributed by atoms with E-state index in [1.165, 1.54) is 0 Å². The number of halogens is 1. The van der Waals surface area contributed by atoms with Crippen molar-refractivity contribution >= 4 is 22.9 Å². The fraction of sp³-hybridized carbons (Fsp3) is 0.0667. The topological polar surface area (TPSA) is 56.4 Å². The van der Waals surface area contributed by atoms with Crippen LogP contribution in [0.2, 0.25) is 0 Å². The Morgan fingerprint density at radius 3 is 2.53 bits per heavy atom. The molecule has 0 saturated carbocycles. The van der Waals surface area contributed by atoms with Gasteiger partial charge in [-0.25, -0.2) is 0 Å². The molecule has 0 radical (unpaired) electrons. The van der Waals surface area contributed by atoms with Crippen LogP contribution in [0, 0.1) is 11.3 Å². The fourth-order valence-corrected chi connectivity index (χ4v) is 2.11. The first-order chi connectivity index (χ1) is 9.17. The van der Waals surface area contributed by atoms with Crippen molar-refractivity contribution in [3.8, 4) is 6.07 Å². The average molecular weight is 271 g/mol. The molecule has 0 saturated heterocycles. The highest BCUT2D eigenvalue weighted by atomic mass is 35.5. The van der Waals surface area contributed by atoms with Gasteiger partial charge in [0.2, 0.25) is 0 Å². The number of rotatable bonds is 1. The van der Waals surface area contributed by atoms with E-state index in [9.17, 15) is 5.26 Å². The Labute approximate surface area is 116 Å². The molecule has 2 rings (SSSR count). The van der Waals surface area contributed by atoms with Gasteiger partial charge in [-0.1, -0.05) is 47.1 Å². The summed E-state index contributed by atoms with van der Waals surface area (Å²) in [6.45, 7) is 1.80. The maximum Gasteiger partial charge on any atom is 0.107 e. The minimum Gasteiger partial charge on any atom is -0.410 e. The summed E-state index contributed by atoms with van der Waals surface area (Å²) >= 11 is 6.16.